The highest BCUT2D eigenvalue weighted by molar-refractivity contribution is 5.94. The number of esters is 1. The summed E-state index contributed by atoms with van der Waals surface area (Å²) in [4.78, 5) is 24.2. The number of methoxy groups -OCH3 is 2. The average molecular weight is 373 g/mol. The number of rotatable bonds is 8. The van der Waals surface area contributed by atoms with Gasteiger partial charge in [-0.25, -0.2) is 4.79 Å². The fraction of sp³-hybridized carbons (Fsp3) is 0.300. The number of anilines is 1. The first-order valence-electron chi connectivity index (χ1n) is 8.45. The van der Waals surface area contributed by atoms with Gasteiger partial charge in [0.1, 0.15) is 5.75 Å². The van der Waals surface area contributed by atoms with Gasteiger partial charge in [0.2, 0.25) is 0 Å². The maximum Gasteiger partial charge on any atom is 0.338 e. The fourth-order valence-corrected chi connectivity index (χ4v) is 2.33. The maximum atomic E-state index is 12.4. The highest BCUT2D eigenvalue weighted by Gasteiger charge is 2.17. The van der Waals surface area contributed by atoms with Crippen molar-refractivity contribution in [1.82, 2.24) is 0 Å². The maximum absolute atomic E-state index is 12.4. The Hall–Kier alpha value is -3.22. The molecule has 0 aliphatic rings. The Bertz CT molecular complexity index is 805. The lowest BCUT2D eigenvalue weighted by molar-refractivity contribution is -0.122. The van der Waals surface area contributed by atoms with Crippen LogP contribution < -0.4 is 19.5 Å². The minimum Gasteiger partial charge on any atom is -0.493 e. The van der Waals surface area contributed by atoms with Crippen molar-refractivity contribution in [3.05, 3.63) is 48.0 Å². The highest BCUT2D eigenvalue weighted by Crippen LogP contribution is 2.29. The summed E-state index contributed by atoms with van der Waals surface area (Å²) in [5, 5.41) is 2.75. The second-order valence-electron chi connectivity index (χ2n) is 5.57. The molecule has 0 aromatic heterocycles. The van der Waals surface area contributed by atoms with Crippen molar-refractivity contribution < 1.29 is 28.5 Å². The van der Waals surface area contributed by atoms with Crippen LogP contribution in [0.15, 0.2) is 42.5 Å². The van der Waals surface area contributed by atoms with E-state index >= 15 is 0 Å². The molecule has 0 radical (unpaired) electrons. The summed E-state index contributed by atoms with van der Waals surface area (Å²) in [5.41, 5.74) is 0.912. The van der Waals surface area contributed by atoms with Gasteiger partial charge in [0, 0.05) is 11.8 Å². The van der Waals surface area contributed by atoms with Gasteiger partial charge in [-0.05, 0) is 44.2 Å². The van der Waals surface area contributed by atoms with Crippen LogP contribution in [0.3, 0.4) is 0 Å². The average Bonchev–Trinajstić information content (AvgIpc) is 2.68. The molecular weight excluding hydrogens is 350 g/mol. The molecule has 0 heterocycles. The summed E-state index contributed by atoms with van der Waals surface area (Å²) in [6, 6.07) is 11.6. The number of carbonyl (C=O) groups is 2. The lowest BCUT2D eigenvalue weighted by atomic mass is 10.2. The molecule has 1 N–H and O–H groups in total. The normalized spacial score (nSPS) is 11.3. The smallest absolute Gasteiger partial charge is 0.338 e. The number of hydrogen-bond acceptors (Lipinski definition) is 6. The first kappa shape index (κ1) is 20.1. The summed E-state index contributed by atoms with van der Waals surface area (Å²) in [6.07, 6.45) is -0.782. The first-order chi connectivity index (χ1) is 13.0. The summed E-state index contributed by atoms with van der Waals surface area (Å²) >= 11 is 0. The molecule has 2 aromatic carbocycles. The molecule has 1 amide bonds. The molecule has 7 heteroatoms. The number of ether oxygens (including phenoxy) is 4. The van der Waals surface area contributed by atoms with Gasteiger partial charge in [-0.15, -0.1) is 0 Å². The van der Waals surface area contributed by atoms with Gasteiger partial charge in [-0.2, -0.15) is 0 Å². The van der Waals surface area contributed by atoms with Crippen LogP contribution in [-0.2, 0) is 9.53 Å². The lowest BCUT2D eigenvalue weighted by Gasteiger charge is -2.16. The SMILES string of the molecule is CCOC(=O)c1cccc(OC(C)C(=O)Nc2ccc(OC)c(OC)c2)c1. The van der Waals surface area contributed by atoms with Crippen LogP contribution in [0.4, 0.5) is 5.69 Å². The Morgan fingerprint density at radius 1 is 1.04 bits per heavy atom. The number of amides is 1. The molecule has 27 heavy (non-hydrogen) atoms. The van der Waals surface area contributed by atoms with Crippen molar-refractivity contribution >= 4 is 17.6 Å². The van der Waals surface area contributed by atoms with Crippen LogP contribution in [-0.4, -0.2) is 38.8 Å². The monoisotopic (exact) mass is 373 g/mol. The van der Waals surface area contributed by atoms with E-state index in [1.807, 2.05) is 0 Å². The summed E-state index contributed by atoms with van der Waals surface area (Å²) in [6.45, 7) is 3.64. The number of carbonyl (C=O) groups excluding carboxylic acids is 2. The fourth-order valence-electron chi connectivity index (χ4n) is 2.33. The van der Waals surface area contributed by atoms with Crippen LogP contribution in [0.25, 0.3) is 0 Å². The molecular formula is C20H23NO6. The van der Waals surface area contributed by atoms with E-state index in [0.29, 0.717) is 28.5 Å². The van der Waals surface area contributed by atoms with Crippen LogP contribution in [0, 0.1) is 0 Å². The lowest BCUT2D eigenvalue weighted by Crippen LogP contribution is -2.30. The molecule has 0 spiro atoms. The second kappa shape index (κ2) is 9.47. The largest absolute Gasteiger partial charge is 0.493 e. The first-order valence-corrected chi connectivity index (χ1v) is 8.45. The van der Waals surface area contributed by atoms with Gasteiger partial charge >= 0.3 is 5.97 Å². The van der Waals surface area contributed by atoms with Crippen molar-refractivity contribution in [2.75, 3.05) is 26.1 Å². The number of nitrogens with one attached hydrogen (secondary N) is 1. The molecule has 0 aliphatic carbocycles. The topological polar surface area (TPSA) is 83.1 Å². The van der Waals surface area contributed by atoms with E-state index in [1.54, 1.807) is 50.2 Å². The molecule has 2 aromatic rings. The quantitative estimate of drug-likeness (QED) is 0.715. The third-order valence-corrected chi connectivity index (χ3v) is 3.68. The Balaban J connectivity index is 2.04. The van der Waals surface area contributed by atoms with Crippen molar-refractivity contribution in [1.29, 1.82) is 0 Å². The van der Waals surface area contributed by atoms with E-state index in [0.717, 1.165) is 0 Å². The molecule has 2 rings (SSSR count). The van der Waals surface area contributed by atoms with Crippen LogP contribution >= 0.6 is 0 Å². The zero-order chi connectivity index (χ0) is 19.8. The Morgan fingerprint density at radius 2 is 1.78 bits per heavy atom. The molecule has 0 fully saturated rings. The second-order valence-corrected chi connectivity index (χ2v) is 5.57. The molecule has 7 nitrogen and oxygen atoms in total. The molecule has 144 valence electrons. The van der Waals surface area contributed by atoms with Gasteiger partial charge in [-0.1, -0.05) is 6.07 Å². The van der Waals surface area contributed by atoms with Gasteiger partial charge in [0.05, 0.1) is 26.4 Å². The summed E-state index contributed by atoms with van der Waals surface area (Å²) in [5.74, 6) is 0.686. The standard InChI is InChI=1S/C20H23NO6/c1-5-26-20(23)14-7-6-8-16(11-14)27-13(2)19(22)21-15-9-10-17(24-3)18(12-15)25-4/h6-13H,5H2,1-4H3,(H,21,22). The molecule has 0 aliphatic heterocycles. The summed E-state index contributed by atoms with van der Waals surface area (Å²) in [7, 11) is 3.06. The molecule has 0 saturated heterocycles. The van der Waals surface area contributed by atoms with Crippen molar-refractivity contribution in [3.8, 4) is 17.2 Å². The van der Waals surface area contributed by atoms with E-state index in [1.165, 1.54) is 20.3 Å². The highest BCUT2D eigenvalue weighted by atomic mass is 16.5. The molecule has 1 unspecified atom stereocenters. The predicted molar refractivity (Wildman–Crippen MR) is 101 cm³/mol. The van der Waals surface area contributed by atoms with Crippen molar-refractivity contribution in [2.45, 2.75) is 20.0 Å². The van der Waals surface area contributed by atoms with Gasteiger partial charge in [0.15, 0.2) is 17.6 Å². The van der Waals surface area contributed by atoms with Gasteiger partial charge in [-0.3, -0.25) is 4.79 Å². The third-order valence-electron chi connectivity index (χ3n) is 3.68. The van der Waals surface area contributed by atoms with E-state index < -0.39 is 12.1 Å². The zero-order valence-corrected chi connectivity index (χ0v) is 15.8. The summed E-state index contributed by atoms with van der Waals surface area (Å²) < 4.78 is 21.0. The van der Waals surface area contributed by atoms with E-state index in [9.17, 15) is 9.59 Å². The van der Waals surface area contributed by atoms with Crippen molar-refractivity contribution in [3.63, 3.8) is 0 Å². The van der Waals surface area contributed by atoms with Crippen LogP contribution in [0.5, 0.6) is 17.2 Å². The zero-order valence-electron chi connectivity index (χ0n) is 15.8. The Morgan fingerprint density at radius 3 is 2.44 bits per heavy atom. The Labute approximate surface area is 158 Å². The van der Waals surface area contributed by atoms with Crippen LogP contribution in [0.2, 0.25) is 0 Å². The predicted octanol–water partition coefficient (Wildman–Crippen LogP) is 3.29. The van der Waals surface area contributed by atoms with E-state index in [4.69, 9.17) is 18.9 Å². The molecule has 1 atom stereocenters. The van der Waals surface area contributed by atoms with Crippen LogP contribution in [0.1, 0.15) is 24.2 Å². The number of hydrogen-bond donors (Lipinski definition) is 1. The molecule has 0 saturated carbocycles. The molecule has 0 bridgehead atoms. The van der Waals surface area contributed by atoms with Gasteiger partial charge < -0.3 is 24.3 Å². The van der Waals surface area contributed by atoms with Crippen molar-refractivity contribution in [2.24, 2.45) is 0 Å². The Kier molecular flexibility index (Phi) is 7.05. The van der Waals surface area contributed by atoms with Gasteiger partial charge in [0.25, 0.3) is 5.91 Å². The third kappa shape index (κ3) is 5.37. The number of benzene rings is 2. The van der Waals surface area contributed by atoms with E-state index in [-0.39, 0.29) is 12.5 Å². The minimum absolute atomic E-state index is 0.286. The minimum atomic E-state index is -0.782. The van der Waals surface area contributed by atoms with E-state index in [2.05, 4.69) is 5.32 Å².